The fraction of sp³-hybridized carbons (Fsp3) is 0.333. The van der Waals surface area contributed by atoms with Crippen molar-refractivity contribution in [1.82, 2.24) is 9.59 Å². The highest BCUT2D eigenvalue weighted by atomic mass is 32.1. The molecule has 18 heavy (non-hydrogen) atoms. The molecule has 0 radical (unpaired) electrons. The van der Waals surface area contributed by atoms with Crippen molar-refractivity contribution in [3.05, 3.63) is 40.2 Å². The van der Waals surface area contributed by atoms with Crippen LogP contribution in [0.3, 0.4) is 0 Å². The number of rotatable bonds is 4. The van der Waals surface area contributed by atoms with E-state index < -0.39 is 0 Å². The third-order valence-electron chi connectivity index (χ3n) is 2.70. The zero-order valence-electron chi connectivity index (χ0n) is 10.2. The molecule has 0 saturated heterocycles. The number of nitrogens with two attached hydrogens (primary N) is 1. The molecule has 1 unspecified atom stereocenters. The van der Waals surface area contributed by atoms with Crippen molar-refractivity contribution in [2.45, 2.75) is 19.4 Å². The molecule has 1 heterocycles. The van der Waals surface area contributed by atoms with E-state index in [1.165, 1.54) is 24.7 Å². The molecule has 2 aromatic rings. The fourth-order valence-electron chi connectivity index (χ4n) is 1.76. The first kappa shape index (κ1) is 12.9. The summed E-state index contributed by atoms with van der Waals surface area (Å²) in [6.45, 7) is 1.87. The summed E-state index contributed by atoms with van der Waals surface area (Å²) in [5.74, 6) is -0.135. The predicted molar refractivity (Wildman–Crippen MR) is 68.2 cm³/mol. The van der Waals surface area contributed by atoms with Crippen LogP contribution in [-0.2, 0) is 6.42 Å². The summed E-state index contributed by atoms with van der Waals surface area (Å²) in [4.78, 5) is 0.936. The van der Waals surface area contributed by atoms with Gasteiger partial charge < -0.3 is 10.5 Å². The molecule has 1 aromatic carbocycles. The van der Waals surface area contributed by atoms with E-state index in [2.05, 4.69) is 9.59 Å². The van der Waals surface area contributed by atoms with Crippen molar-refractivity contribution in [2.24, 2.45) is 5.73 Å². The molecule has 0 saturated carbocycles. The molecule has 0 fully saturated rings. The lowest BCUT2D eigenvalue weighted by Gasteiger charge is -2.10. The molecule has 2 N–H and O–H groups in total. The first-order valence-electron chi connectivity index (χ1n) is 5.48. The smallest absolute Gasteiger partial charge is 0.165 e. The molecule has 6 heteroatoms. The minimum atomic E-state index is -0.374. The van der Waals surface area contributed by atoms with Gasteiger partial charge in [0.1, 0.15) is 0 Å². The molecule has 1 aromatic heterocycles. The van der Waals surface area contributed by atoms with Crippen LogP contribution in [0.5, 0.6) is 5.75 Å². The highest BCUT2D eigenvalue weighted by Gasteiger charge is 2.14. The second-order valence-corrected chi connectivity index (χ2v) is 4.79. The summed E-state index contributed by atoms with van der Waals surface area (Å²) in [5.41, 5.74) is 7.73. The zero-order chi connectivity index (χ0) is 13.1. The number of aryl methyl sites for hydroxylation is 1. The Morgan fingerprint density at radius 2 is 2.28 bits per heavy atom. The van der Waals surface area contributed by atoms with Gasteiger partial charge in [0.25, 0.3) is 0 Å². The van der Waals surface area contributed by atoms with Crippen LogP contribution in [0.15, 0.2) is 18.2 Å². The van der Waals surface area contributed by atoms with Gasteiger partial charge in [0.15, 0.2) is 11.6 Å². The van der Waals surface area contributed by atoms with Crippen LogP contribution < -0.4 is 10.5 Å². The third kappa shape index (κ3) is 2.65. The fourth-order valence-corrected chi connectivity index (χ4v) is 2.40. The highest BCUT2D eigenvalue weighted by molar-refractivity contribution is 7.05. The van der Waals surface area contributed by atoms with Gasteiger partial charge in [-0.2, -0.15) is 0 Å². The van der Waals surface area contributed by atoms with E-state index in [0.29, 0.717) is 6.42 Å². The van der Waals surface area contributed by atoms with E-state index in [-0.39, 0.29) is 17.6 Å². The van der Waals surface area contributed by atoms with E-state index in [4.69, 9.17) is 10.5 Å². The Labute approximate surface area is 109 Å². The summed E-state index contributed by atoms with van der Waals surface area (Å²) < 4.78 is 22.3. The molecular formula is C12H14FN3OS. The van der Waals surface area contributed by atoms with Gasteiger partial charge in [-0.25, -0.2) is 4.39 Å². The summed E-state index contributed by atoms with van der Waals surface area (Å²) in [7, 11) is 1.44. The Morgan fingerprint density at radius 1 is 1.50 bits per heavy atom. The highest BCUT2D eigenvalue weighted by Crippen LogP contribution is 2.24. The number of methoxy groups -OCH3 is 1. The van der Waals surface area contributed by atoms with E-state index in [1.54, 1.807) is 6.07 Å². The van der Waals surface area contributed by atoms with Gasteiger partial charge in [-0.15, -0.1) is 5.10 Å². The average Bonchev–Trinajstić information content (AvgIpc) is 2.76. The van der Waals surface area contributed by atoms with Gasteiger partial charge in [0.05, 0.1) is 17.7 Å². The number of halogens is 1. The lowest BCUT2D eigenvalue weighted by molar-refractivity contribution is 0.386. The molecule has 1 atom stereocenters. The SMILES string of the molecule is COc1ccc(CC(N)c2snnc2C)cc1F. The topological polar surface area (TPSA) is 61.0 Å². The number of hydrogen-bond donors (Lipinski definition) is 1. The van der Waals surface area contributed by atoms with Crippen LogP contribution in [0.1, 0.15) is 22.2 Å². The van der Waals surface area contributed by atoms with Crippen LogP contribution >= 0.6 is 11.5 Å². The molecule has 0 bridgehead atoms. The number of benzene rings is 1. The van der Waals surface area contributed by atoms with Gasteiger partial charge in [-0.3, -0.25) is 0 Å². The third-order valence-corrected chi connectivity index (χ3v) is 3.65. The Kier molecular flexibility index (Phi) is 3.88. The lowest BCUT2D eigenvalue weighted by atomic mass is 10.0. The number of hydrogen-bond acceptors (Lipinski definition) is 5. The van der Waals surface area contributed by atoms with E-state index in [9.17, 15) is 4.39 Å². The van der Waals surface area contributed by atoms with Crippen molar-refractivity contribution in [2.75, 3.05) is 7.11 Å². The van der Waals surface area contributed by atoms with Crippen molar-refractivity contribution in [3.63, 3.8) is 0 Å². The number of ether oxygens (including phenoxy) is 1. The van der Waals surface area contributed by atoms with Crippen LogP contribution in [0.2, 0.25) is 0 Å². The first-order chi connectivity index (χ1) is 8.61. The molecule has 0 aliphatic heterocycles. The Balaban J connectivity index is 2.15. The minimum absolute atomic E-state index is 0.210. The molecule has 96 valence electrons. The molecule has 0 aliphatic rings. The zero-order valence-corrected chi connectivity index (χ0v) is 11.0. The van der Waals surface area contributed by atoms with E-state index in [0.717, 1.165) is 16.1 Å². The van der Waals surface area contributed by atoms with Gasteiger partial charge in [0.2, 0.25) is 0 Å². The second-order valence-electron chi connectivity index (χ2n) is 4.00. The second kappa shape index (κ2) is 5.41. The summed E-state index contributed by atoms with van der Waals surface area (Å²) in [6, 6.07) is 4.65. The maximum Gasteiger partial charge on any atom is 0.165 e. The molecule has 2 rings (SSSR count). The minimum Gasteiger partial charge on any atom is -0.494 e. The van der Waals surface area contributed by atoms with Crippen molar-refractivity contribution >= 4 is 11.5 Å². The molecule has 0 amide bonds. The standard InChI is InChI=1S/C12H14FN3OS/c1-7-12(18-16-15-7)10(14)6-8-3-4-11(17-2)9(13)5-8/h3-5,10H,6,14H2,1-2H3. The quantitative estimate of drug-likeness (QED) is 0.922. The number of nitrogens with zero attached hydrogens (tertiary/aromatic N) is 2. The lowest BCUT2D eigenvalue weighted by Crippen LogP contribution is -2.13. The van der Waals surface area contributed by atoms with Crippen LogP contribution in [-0.4, -0.2) is 16.7 Å². The maximum absolute atomic E-state index is 13.5. The van der Waals surface area contributed by atoms with Crippen molar-refractivity contribution < 1.29 is 9.13 Å². The average molecular weight is 267 g/mol. The molecular weight excluding hydrogens is 253 g/mol. The Morgan fingerprint density at radius 3 is 2.83 bits per heavy atom. The summed E-state index contributed by atoms with van der Waals surface area (Å²) >= 11 is 1.28. The largest absolute Gasteiger partial charge is 0.494 e. The first-order valence-corrected chi connectivity index (χ1v) is 6.26. The number of aromatic nitrogens is 2. The van der Waals surface area contributed by atoms with Crippen molar-refractivity contribution in [3.8, 4) is 5.75 Å². The van der Waals surface area contributed by atoms with Gasteiger partial charge >= 0.3 is 0 Å². The van der Waals surface area contributed by atoms with E-state index in [1.807, 2.05) is 13.0 Å². The molecule has 0 aliphatic carbocycles. The van der Waals surface area contributed by atoms with Gasteiger partial charge in [-0.05, 0) is 42.6 Å². The monoisotopic (exact) mass is 267 g/mol. The van der Waals surface area contributed by atoms with Crippen LogP contribution in [0.25, 0.3) is 0 Å². The van der Waals surface area contributed by atoms with Gasteiger partial charge in [-0.1, -0.05) is 10.6 Å². The normalized spacial score (nSPS) is 12.4. The summed E-state index contributed by atoms with van der Waals surface area (Å²) in [5, 5.41) is 3.92. The Bertz CT molecular complexity index is 544. The van der Waals surface area contributed by atoms with Crippen LogP contribution in [0.4, 0.5) is 4.39 Å². The van der Waals surface area contributed by atoms with Gasteiger partial charge in [0, 0.05) is 6.04 Å². The van der Waals surface area contributed by atoms with Crippen LogP contribution in [0, 0.1) is 12.7 Å². The molecule has 4 nitrogen and oxygen atoms in total. The predicted octanol–water partition coefficient (Wildman–Crippen LogP) is 2.24. The summed E-state index contributed by atoms with van der Waals surface area (Å²) in [6.07, 6.45) is 0.547. The van der Waals surface area contributed by atoms with Crippen molar-refractivity contribution in [1.29, 1.82) is 0 Å². The Hall–Kier alpha value is -1.53. The maximum atomic E-state index is 13.5. The molecule has 0 spiro atoms. The van der Waals surface area contributed by atoms with E-state index >= 15 is 0 Å².